The second kappa shape index (κ2) is 6.12. The lowest BCUT2D eigenvalue weighted by molar-refractivity contribution is -0.129. The third kappa shape index (κ3) is 3.33. The van der Waals surface area contributed by atoms with Gasteiger partial charge in [-0.15, -0.1) is 0 Å². The number of amides is 2. The van der Waals surface area contributed by atoms with Crippen LogP contribution in [-0.4, -0.2) is 46.7 Å². The zero-order valence-electron chi connectivity index (χ0n) is 13.0. The Bertz CT molecular complexity index is 713. The lowest BCUT2D eigenvalue weighted by Crippen LogP contribution is -2.31. The van der Waals surface area contributed by atoms with Gasteiger partial charge in [-0.2, -0.15) is 5.10 Å². The third-order valence-corrected chi connectivity index (χ3v) is 3.64. The summed E-state index contributed by atoms with van der Waals surface area (Å²) in [6.07, 6.45) is 3.15. The molecule has 1 aliphatic heterocycles. The minimum absolute atomic E-state index is 0.0689. The number of rotatable bonds is 4. The first kappa shape index (κ1) is 15.1. The molecule has 0 fully saturated rings. The van der Waals surface area contributed by atoms with Gasteiger partial charge in [0.15, 0.2) is 6.10 Å². The van der Waals surface area contributed by atoms with Crippen molar-refractivity contribution in [1.82, 2.24) is 14.7 Å². The summed E-state index contributed by atoms with van der Waals surface area (Å²) in [6, 6.07) is 7.61. The van der Waals surface area contributed by atoms with Crippen molar-refractivity contribution >= 4 is 17.5 Å². The van der Waals surface area contributed by atoms with Crippen molar-refractivity contribution in [3.05, 3.63) is 42.2 Å². The molecule has 1 N–H and O–H groups in total. The van der Waals surface area contributed by atoms with Crippen LogP contribution >= 0.6 is 0 Å². The summed E-state index contributed by atoms with van der Waals surface area (Å²) in [5.74, 6) is 0.458. The van der Waals surface area contributed by atoms with Crippen molar-refractivity contribution in [3.8, 4) is 5.75 Å². The molecular formula is C16H18N4O3. The molecule has 0 aliphatic carbocycles. The Balaban J connectivity index is 1.59. The van der Waals surface area contributed by atoms with Gasteiger partial charge in [-0.25, -0.2) is 0 Å². The quantitative estimate of drug-likeness (QED) is 0.910. The number of ether oxygens (including phenoxy) is 1. The molecule has 2 heterocycles. The SMILES string of the molecule is CN(C)C(=O)Cn1cc(NC(=O)C2Cc3ccccc3O2)cn1. The van der Waals surface area contributed by atoms with Crippen LogP contribution in [0.3, 0.4) is 0 Å². The summed E-state index contributed by atoms with van der Waals surface area (Å²) in [4.78, 5) is 25.4. The predicted molar refractivity (Wildman–Crippen MR) is 84.1 cm³/mol. The highest BCUT2D eigenvalue weighted by Gasteiger charge is 2.28. The van der Waals surface area contributed by atoms with Gasteiger partial charge in [-0.05, 0) is 11.6 Å². The molecule has 1 aromatic heterocycles. The van der Waals surface area contributed by atoms with Crippen LogP contribution in [0.5, 0.6) is 5.75 Å². The molecule has 2 amide bonds. The van der Waals surface area contributed by atoms with Crippen LogP contribution in [0.2, 0.25) is 0 Å². The molecule has 3 rings (SSSR count). The van der Waals surface area contributed by atoms with Gasteiger partial charge >= 0.3 is 0 Å². The molecule has 1 aromatic carbocycles. The maximum atomic E-state index is 12.3. The molecule has 7 nitrogen and oxygen atoms in total. The number of nitrogens with one attached hydrogen (secondary N) is 1. The number of nitrogens with zero attached hydrogens (tertiary/aromatic N) is 3. The Morgan fingerprint density at radius 2 is 2.17 bits per heavy atom. The van der Waals surface area contributed by atoms with E-state index < -0.39 is 6.10 Å². The van der Waals surface area contributed by atoms with Crippen LogP contribution in [0, 0.1) is 0 Å². The Kier molecular flexibility index (Phi) is 4.01. The van der Waals surface area contributed by atoms with E-state index in [0.717, 1.165) is 11.3 Å². The van der Waals surface area contributed by atoms with Crippen LogP contribution in [-0.2, 0) is 22.6 Å². The van der Waals surface area contributed by atoms with E-state index >= 15 is 0 Å². The van der Waals surface area contributed by atoms with E-state index in [1.165, 1.54) is 15.8 Å². The summed E-state index contributed by atoms with van der Waals surface area (Å²) >= 11 is 0. The molecule has 1 aliphatic rings. The van der Waals surface area contributed by atoms with Gasteiger partial charge in [0.05, 0.1) is 11.9 Å². The topological polar surface area (TPSA) is 76.5 Å². The summed E-state index contributed by atoms with van der Waals surface area (Å²) in [6.45, 7) is 0.133. The fraction of sp³-hybridized carbons (Fsp3) is 0.312. The fourth-order valence-corrected chi connectivity index (χ4v) is 2.35. The lowest BCUT2D eigenvalue weighted by atomic mass is 10.1. The zero-order valence-corrected chi connectivity index (χ0v) is 13.0. The summed E-state index contributed by atoms with van der Waals surface area (Å²) < 4.78 is 7.13. The lowest BCUT2D eigenvalue weighted by Gasteiger charge is -2.10. The monoisotopic (exact) mass is 314 g/mol. The molecular weight excluding hydrogens is 296 g/mol. The number of hydrogen-bond acceptors (Lipinski definition) is 4. The standard InChI is InChI=1S/C16H18N4O3/c1-19(2)15(21)10-20-9-12(8-17-20)18-16(22)14-7-11-5-3-4-6-13(11)23-14/h3-6,8-9,14H,7,10H2,1-2H3,(H,18,22). The Labute approximate surface area is 133 Å². The molecule has 0 saturated carbocycles. The van der Waals surface area contributed by atoms with Crippen LogP contribution in [0.15, 0.2) is 36.7 Å². The molecule has 0 radical (unpaired) electrons. The number of likely N-dealkylation sites (N-methyl/N-ethyl adjacent to an activating group) is 1. The number of carbonyl (C=O) groups excluding carboxylic acids is 2. The average molecular weight is 314 g/mol. The molecule has 1 unspecified atom stereocenters. The number of benzene rings is 1. The van der Waals surface area contributed by atoms with Crippen LogP contribution in [0.1, 0.15) is 5.56 Å². The van der Waals surface area contributed by atoms with Crippen molar-refractivity contribution in [1.29, 1.82) is 0 Å². The molecule has 120 valence electrons. The van der Waals surface area contributed by atoms with Gasteiger partial charge in [0.1, 0.15) is 12.3 Å². The molecule has 0 bridgehead atoms. The number of fused-ring (bicyclic) bond motifs is 1. The Morgan fingerprint density at radius 3 is 2.91 bits per heavy atom. The third-order valence-electron chi connectivity index (χ3n) is 3.64. The maximum absolute atomic E-state index is 12.3. The highest BCUT2D eigenvalue weighted by molar-refractivity contribution is 5.94. The van der Waals surface area contributed by atoms with Crippen LogP contribution < -0.4 is 10.1 Å². The van der Waals surface area contributed by atoms with E-state index in [1.54, 1.807) is 20.3 Å². The maximum Gasteiger partial charge on any atom is 0.265 e. The minimum atomic E-state index is -0.542. The van der Waals surface area contributed by atoms with Gasteiger partial charge < -0.3 is 15.0 Å². The number of aromatic nitrogens is 2. The van der Waals surface area contributed by atoms with E-state index in [-0.39, 0.29) is 18.4 Å². The van der Waals surface area contributed by atoms with Gasteiger partial charge in [-0.3, -0.25) is 14.3 Å². The van der Waals surface area contributed by atoms with E-state index in [9.17, 15) is 9.59 Å². The van der Waals surface area contributed by atoms with Crippen molar-refractivity contribution in [2.75, 3.05) is 19.4 Å². The molecule has 1 atom stereocenters. The predicted octanol–water partition coefficient (Wildman–Crippen LogP) is 0.913. The van der Waals surface area contributed by atoms with Gasteiger partial charge in [0.25, 0.3) is 5.91 Å². The highest BCUT2D eigenvalue weighted by Crippen LogP contribution is 2.28. The first-order chi connectivity index (χ1) is 11.0. The Hall–Kier alpha value is -2.83. The van der Waals surface area contributed by atoms with Crippen molar-refractivity contribution in [2.45, 2.75) is 19.1 Å². The van der Waals surface area contributed by atoms with Crippen molar-refractivity contribution in [3.63, 3.8) is 0 Å². The van der Waals surface area contributed by atoms with E-state index in [0.29, 0.717) is 12.1 Å². The molecule has 7 heteroatoms. The fourth-order valence-electron chi connectivity index (χ4n) is 2.35. The second-order valence-corrected chi connectivity index (χ2v) is 5.62. The Morgan fingerprint density at radius 1 is 1.39 bits per heavy atom. The average Bonchev–Trinajstić information content (AvgIpc) is 3.13. The highest BCUT2D eigenvalue weighted by atomic mass is 16.5. The van der Waals surface area contributed by atoms with Crippen LogP contribution in [0.4, 0.5) is 5.69 Å². The van der Waals surface area contributed by atoms with Crippen molar-refractivity contribution in [2.24, 2.45) is 0 Å². The molecule has 2 aromatic rings. The summed E-state index contributed by atoms with van der Waals surface area (Å²) in [5.41, 5.74) is 1.57. The zero-order chi connectivity index (χ0) is 16.4. The van der Waals surface area contributed by atoms with E-state index in [4.69, 9.17) is 4.74 Å². The number of anilines is 1. The number of hydrogen-bond donors (Lipinski definition) is 1. The van der Waals surface area contributed by atoms with Gasteiger partial charge in [0, 0.05) is 26.7 Å². The smallest absolute Gasteiger partial charge is 0.265 e. The van der Waals surface area contributed by atoms with Gasteiger partial charge in [-0.1, -0.05) is 18.2 Å². The first-order valence-corrected chi connectivity index (χ1v) is 7.31. The largest absolute Gasteiger partial charge is 0.480 e. The first-order valence-electron chi connectivity index (χ1n) is 7.31. The number of carbonyl (C=O) groups is 2. The van der Waals surface area contributed by atoms with E-state index in [1.807, 2.05) is 24.3 Å². The number of para-hydroxylation sites is 1. The van der Waals surface area contributed by atoms with Gasteiger partial charge in [0.2, 0.25) is 5.91 Å². The normalized spacial score (nSPS) is 15.7. The molecule has 23 heavy (non-hydrogen) atoms. The molecule has 0 saturated heterocycles. The summed E-state index contributed by atoms with van der Waals surface area (Å²) in [5, 5.41) is 6.84. The van der Waals surface area contributed by atoms with E-state index in [2.05, 4.69) is 10.4 Å². The minimum Gasteiger partial charge on any atom is -0.480 e. The van der Waals surface area contributed by atoms with Crippen LogP contribution in [0.25, 0.3) is 0 Å². The molecule has 0 spiro atoms. The second-order valence-electron chi connectivity index (χ2n) is 5.62. The van der Waals surface area contributed by atoms with Crippen molar-refractivity contribution < 1.29 is 14.3 Å². The summed E-state index contributed by atoms with van der Waals surface area (Å²) in [7, 11) is 3.37.